The number of sulfone groups is 1. The molecule has 1 aliphatic rings. The molecule has 0 radical (unpaired) electrons. The third-order valence-corrected chi connectivity index (χ3v) is 5.32. The van der Waals surface area contributed by atoms with E-state index in [4.69, 9.17) is 5.11 Å². The maximum Gasteiger partial charge on any atom is 0.152 e. The summed E-state index contributed by atoms with van der Waals surface area (Å²) < 4.78 is 24.5. The molecule has 20 heavy (non-hydrogen) atoms. The molecular formula is C12H22N4O3S. The summed E-state index contributed by atoms with van der Waals surface area (Å²) in [4.78, 5) is 2.08. The minimum Gasteiger partial charge on any atom is -0.396 e. The van der Waals surface area contributed by atoms with E-state index in [1.54, 1.807) is 4.68 Å². The zero-order valence-corrected chi connectivity index (χ0v) is 12.8. The summed E-state index contributed by atoms with van der Waals surface area (Å²) >= 11 is 0. The van der Waals surface area contributed by atoms with Crippen LogP contribution in [0.1, 0.15) is 26.0 Å². The van der Waals surface area contributed by atoms with Crippen LogP contribution in [0, 0.1) is 0 Å². The van der Waals surface area contributed by atoms with Gasteiger partial charge in [0.2, 0.25) is 0 Å². The molecule has 0 saturated carbocycles. The van der Waals surface area contributed by atoms with Gasteiger partial charge in [0.25, 0.3) is 0 Å². The van der Waals surface area contributed by atoms with Crippen LogP contribution < -0.4 is 0 Å². The van der Waals surface area contributed by atoms with Crippen LogP contribution in [0.5, 0.6) is 0 Å². The van der Waals surface area contributed by atoms with Gasteiger partial charge in [-0.1, -0.05) is 5.21 Å². The molecule has 114 valence electrons. The van der Waals surface area contributed by atoms with Gasteiger partial charge in [0.1, 0.15) is 0 Å². The summed E-state index contributed by atoms with van der Waals surface area (Å²) in [5.74, 6) is 0.439. The van der Waals surface area contributed by atoms with Crippen molar-refractivity contribution in [1.29, 1.82) is 0 Å². The van der Waals surface area contributed by atoms with E-state index in [1.807, 2.05) is 20.0 Å². The first-order chi connectivity index (χ1) is 9.32. The Hall–Kier alpha value is -0.990. The molecule has 0 spiro atoms. The van der Waals surface area contributed by atoms with Gasteiger partial charge in [-0.2, -0.15) is 0 Å². The van der Waals surface area contributed by atoms with E-state index in [-0.39, 0.29) is 23.7 Å². The Morgan fingerprint density at radius 2 is 2.00 bits per heavy atom. The molecule has 0 aromatic carbocycles. The normalized spacial score (nSPS) is 20.1. The van der Waals surface area contributed by atoms with Gasteiger partial charge in [-0.05, 0) is 20.3 Å². The van der Waals surface area contributed by atoms with Crippen molar-refractivity contribution in [2.45, 2.75) is 32.4 Å². The van der Waals surface area contributed by atoms with Crippen molar-refractivity contribution in [3.05, 3.63) is 11.9 Å². The minimum absolute atomic E-state index is 0.103. The smallest absolute Gasteiger partial charge is 0.152 e. The van der Waals surface area contributed by atoms with Crippen molar-refractivity contribution in [2.75, 3.05) is 31.2 Å². The number of rotatable bonds is 5. The summed E-state index contributed by atoms with van der Waals surface area (Å²) in [6.45, 7) is 5.81. The largest absolute Gasteiger partial charge is 0.396 e. The van der Waals surface area contributed by atoms with E-state index in [0.717, 1.165) is 5.69 Å². The van der Waals surface area contributed by atoms with E-state index >= 15 is 0 Å². The van der Waals surface area contributed by atoms with Crippen molar-refractivity contribution in [2.24, 2.45) is 0 Å². The lowest BCUT2D eigenvalue weighted by atomic mass is 10.0. The number of aromatic nitrogens is 3. The highest BCUT2D eigenvalue weighted by atomic mass is 32.2. The zero-order valence-electron chi connectivity index (χ0n) is 12.0. The second-order valence-corrected chi connectivity index (χ2v) is 8.17. The highest BCUT2D eigenvalue weighted by molar-refractivity contribution is 7.91. The Bertz CT molecular complexity index is 539. The van der Waals surface area contributed by atoms with Gasteiger partial charge in [-0.15, -0.1) is 5.10 Å². The van der Waals surface area contributed by atoms with Crippen molar-refractivity contribution in [3.8, 4) is 0 Å². The molecule has 1 N–H and O–H groups in total. The fourth-order valence-corrected chi connectivity index (χ4v) is 3.47. The maximum absolute atomic E-state index is 11.4. The SMILES string of the molecule is CC(C)(CCO)n1cc(CN2CCS(=O)(=O)CC2)nn1. The molecule has 1 saturated heterocycles. The van der Waals surface area contributed by atoms with Crippen molar-refractivity contribution in [3.63, 3.8) is 0 Å². The van der Waals surface area contributed by atoms with Gasteiger partial charge < -0.3 is 5.11 Å². The summed E-state index contributed by atoms with van der Waals surface area (Å²) in [5, 5.41) is 17.3. The van der Waals surface area contributed by atoms with Crippen LogP contribution in [-0.2, 0) is 21.9 Å². The van der Waals surface area contributed by atoms with Crippen LogP contribution in [0.3, 0.4) is 0 Å². The van der Waals surface area contributed by atoms with E-state index in [2.05, 4.69) is 15.2 Å². The molecule has 0 amide bonds. The third-order valence-electron chi connectivity index (χ3n) is 3.71. The third kappa shape index (κ3) is 3.77. The van der Waals surface area contributed by atoms with Gasteiger partial charge in [0.05, 0.1) is 28.9 Å². The topological polar surface area (TPSA) is 88.3 Å². The first-order valence-electron chi connectivity index (χ1n) is 6.78. The molecule has 1 aromatic heterocycles. The predicted octanol–water partition coefficient (Wildman–Crippen LogP) is -0.374. The molecule has 2 heterocycles. The molecule has 1 fully saturated rings. The first-order valence-corrected chi connectivity index (χ1v) is 8.60. The van der Waals surface area contributed by atoms with E-state index < -0.39 is 9.84 Å². The minimum atomic E-state index is -2.84. The van der Waals surface area contributed by atoms with Gasteiger partial charge >= 0.3 is 0 Å². The highest BCUT2D eigenvalue weighted by Gasteiger charge is 2.24. The van der Waals surface area contributed by atoms with E-state index in [1.165, 1.54) is 0 Å². The Morgan fingerprint density at radius 1 is 1.35 bits per heavy atom. The molecule has 8 heteroatoms. The number of aliphatic hydroxyl groups excluding tert-OH is 1. The summed E-state index contributed by atoms with van der Waals surface area (Å²) in [7, 11) is -2.84. The highest BCUT2D eigenvalue weighted by Crippen LogP contribution is 2.18. The van der Waals surface area contributed by atoms with Crippen LogP contribution >= 0.6 is 0 Å². The molecule has 1 aliphatic heterocycles. The molecule has 0 unspecified atom stereocenters. The fraction of sp³-hybridized carbons (Fsp3) is 0.833. The van der Waals surface area contributed by atoms with Crippen LogP contribution in [0.25, 0.3) is 0 Å². The predicted molar refractivity (Wildman–Crippen MR) is 75.0 cm³/mol. The lowest BCUT2D eigenvalue weighted by molar-refractivity contribution is 0.199. The van der Waals surface area contributed by atoms with Gasteiger partial charge in [-0.3, -0.25) is 4.90 Å². The van der Waals surface area contributed by atoms with Crippen LogP contribution in [0.2, 0.25) is 0 Å². The lowest BCUT2D eigenvalue weighted by Crippen LogP contribution is -2.39. The number of hydrogen-bond donors (Lipinski definition) is 1. The van der Waals surface area contributed by atoms with Crippen molar-refractivity contribution >= 4 is 9.84 Å². The van der Waals surface area contributed by atoms with E-state index in [9.17, 15) is 8.42 Å². The molecule has 2 rings (SSSR count). The summed E-state index contributed by atoms with van der Waals surface area (Å²) in [6.07, 6.45) is 2.48. The number of nitrogens with zero attached hydrogens (tertiary/aromatic N) is 4. The summed E-state index contributed by atoms with van der Waals surface area (Å²) in [6, 6.07) is 0. The standard InChI is InChI=1S/C12H22N4O3S/c1-12(2,3-6-17)16-10-11(13-14-16)9-15-4-7-20(18,19)8-5-15/h10,17H,3-9H2,1-2H3. The molecule has 0 atom stereocenters. The molecule has 7 nitrogen and oxygen atoms in total. The average molecular weight is 302 g/mol. The van der Waals surface area contributed by atoms with Gasteiger partial charge in [0, 0.05) is 26.2 Å². The van der Waals surface area contributed by atoms with Crippen LogP contribution in [0.15, 0.2) is 6.20 Å². The number of aliphatic hydroxyl groups is 1. The van der Waals surface area contributed by atoms with Gasteiger partial charge in [0.15, 0.2) is 9.84 Å². The van der Waals surface area contributed by atoms with E-state index in [0.29, 0.717) is 26.1 Å². The van der Waals surface area contributed by atoms with Crippen molar-refractivity contribution in [1.82, 2.24) is 19.9 Å². The van der Waals surface area contributed by atoms with Gasteiger partial charge in [-0.25, -0.2) is 13.1 Å². The zero-order chi connectivity index (χ0) is 14.8. The second kappa shape index (κ2) is 5.79. The quantitative estimate of drug-likeness (QED) is 0.798. The Labute approximate surface area is 119 Å². The Morgan fingerprint density at radius 3 is 2.60 bits per heavy atom. The van der Waals surface area contributed by atoms with Crippen LogP contribution in [0.4, 0.5) is 0 Å². The first kappa shape index (κ1) is 15.4. The maximum atomic E-state index is 11.4. The van der Waals surface area contributed by atoms with Crippen molar-refractivity contribution < 1.29 is 13.5 Å². The molecular weight excluding hydrogens is 280 g/mol. The monoisotopic (exact) mass is 302 g/mol. The van der Waals surface area contributed by atoms with Crippen LogP contribution in [-0.4, -0.2) is 64.6 Å². The Kier molecular flexibility index (Phi) is 4.46. The number of hydrogen-bond acceptors (Lipinski definition) is 6. The lowest BCUT2D eigenvalue weighted by Gasteiger charge is -2.25. The molecule has 0 bridgehead atoms. The molecule has 0 aliphatic carbocycles. The Balaban J connectivity index is 1.97. The fourth-order valence-electron chi connectivity index (χ4n) is 2.19. The second-order valence-electron chi connectivity index (χ2n) is 5.87. The average Bonchev–Trinajstić information content (AvgIpc) is 2.81. The molecule has 1 aromatic rings. The summed E-state index contributed by atoms with van der Waals surface area (Å²) in [5.41, 5.74) is 0.556.